The monoisotopic (exact) mass is 384 g/mol. The lowest BCUT2D eigenvalue weighted by molar-refractivity contribution is -0.120. The number of aldehydes is 1. The third-order valence-corrected chi connectivity index (χ3v) is 5.50. The van der Waals surface area contributed by atoms with Gasteiger partial charge in [-0.15, -0.1) is 0 Å². The molecule has 146 valence electrons. The average Bonchev–Trinajstić information content (AvgIpc) is 2.80. The van der Waals surface area contributed by atoms with E-state index < -0.39 is 0 Å². The van der Waals surface area contributed by atoms with Gasteiger partial charge in [-0.05, 0) is 60.4 Å². The molecule has 0 radical (unpaired) electrons. The van der Waals surface area contributed by atoms with Gasteiger partial charge >= 0.3 is 0 Å². The Kier molecular flexibility index (Phi) is 5.71. The normalized spacial score (nSPS) is 14.4. The topological polar surface area (TPSA) is 49.4 Å². The van der Waals surface area contributed by atoms with Gasteiger partial charge in [-0.25, -0.2) is 0 Å². The fraction of sp³-hybridized carbons (Fsp3) is 0.200. The minimum absolute atomic E-state index is 0.0147. The smallest absolute Gasteiger partial charge is 0.227 e. The number of nitrogens with zero attached hydrogens (tertiary/aromatic N) is 1. The lowest BCUT2D eigenvalue weighted by Crippen LogP contribution is -2.38. The first-order chi connectivity index (χ1) is 14.2. The summed E-state index contributed by atoms with van der Waals surface area (Å²) in [5, 5.41) is 3.10. The van der Waals surface area contributed by atoms with E-state index >= 15 is 0 Å². The Morgan fingerprint density at radius 1 is 0.862 bits per heavy atom. The summed E-state index contributed by atoms with van der Waals surface area (Å²) in [6.07, 6.45) is 2.49. The highest BCUT2D eigenvalue weighted by atomic mass is 16.1. The molecular formula is C25H24N2O2. The van der Waals surface area contributed by atoms with Crippen molar-refractivity contribution >= 4 is 23.6 Å². The first-order valence-electron chi connectivity index (χ1n) is 9.99. The van der Waals surface area contributed by atoms with Crippen LogP contribution >= 0.6 is 0 Å². The van der Waals surface area contributed by atoms with Crippen LogP contribution in [0.1, 0.15) is 23.2 Å². The molecule has 1 amide bonds. The van der Waals surface area contributed by atoms with E-state index in [0.717, 1.165) is 54.7 Å². The number of hydrogen-bond donors (Lipinski definition) is 1. The zero-order valence-electron chi connectivity index (χ0n) is 16.3. The van der Waals surface area contributed by atoms with Crippen molar-refractivity contribution in [3.05, 3.63) is 84.4 Å². The van der Waals surface area contributed by atoms with Gasteiger partial charge in [-0.2, -0.15) is 0 Å². The summed E-state index contributed by atoms with van der Waals surface area (Å²) >= 11 is 0. The second-order valence-electron chi connectivity index (χ2n) is 7.41. The molecule has 1 aliphatic heterocycles. The van der Waals surface area contributed by atoms with E-state index in [-0.39, 0.29) is 11.8 Å². The van der Waals surface area contributed by atoms with Crippen LogP contribution in [0.4, 0.5) is 11.4 Å². The first kappa shape index (κ1) is 18.9. The lowest BCUT2D eigenvalue weighted by atomic mass is 9.95. The maximum Gasteiger partial charge on any atom is 0.227 e. The molecule has 4 nitrogen and oxygen atoms in total. The quantitative estimate of drug-likeness (QED) is 0.628. The molecule has 0 atom stereocenters. The van der Waals surface area contributed by atoms with E-state index in [2.05, 4.69) is 28.4 Å². The predicted molar refractivity (Wildman–Crippen MR) is 117 cm³/mol. The van der Waals surface area contributed by atoms with Gasteiger partial charge in [-0.1, -0.05) is 42.5 Å². The van der Waals surface area contributed by atoms with Crippen LogP contribution in [0.25, 0.3) is 11.1 Å². The molecule has 0 bridgehead atoms. The van der Waals surface area contributed by atoms with Crippen LogP contribution in [0.5, 0.6) is 0 Å². The third kappa shape index (κ3) is 4.54. The van der Waals surface area contributed by atoms with Gasteiger partial charge in [0.05, 0.1) is 0 Å². The Labute approximate surface area is 171 Å². The summed E-state index contributed by atoms with van der Waals surface area (Å²) < 4.78 is 0. The van der Waals surface area contributed by atoms with E-state index in [4.69, 9.17) is 0 Å². The van der Waals surface area contributed by atoms with Crippen molar-refractivity contribution in [2.45, 2.75) is 12.8 Å². The molecule has 0 spiro atoms. The largest absolute Gasteiger partial charge is 0.371 e. The van der Waals surface area contributed by atoms with E-state index in [1.54, 1.807) is 0 Å². The Bertz CT molecular complexity index is 975. The molecule has 0 unspecified atom stereocenters. The molecule has 0 aromatic heterocycles. The van der Waals surface area contributed by atoms with Crippen molar-refractivity contribution in [1.82, 2.24) is 0 Å². The van der Waals surface area contributed by atoms with Gasteiger partial charge in [0, 0.05) is 35.9 Å². The fourth-order valence-electron chi connectivity index (χ4n) is 3.82. The molecule has 4 heteroatoms. The van der Waals surface area contributed by atoms with Gasteiger partial charge in [0.1, 0.15) is 6.29 Å². The molecule has 1 heterocycles. The fourth-order valence-corrected chi connectivity index (χ4v) is 3.82. The molecule has 3 aromatic rings. The number of rotatable bonds is 5. The average molecular weight is 384 g/mol. The van der Waals surface area contributed by atoms with Gasteiger partial charge in [0.15, 0.2) is 0 Å². The first-order valence-corrected chi connectivity index (χ1v) is 9.99. The molecular weight excluding hydrogens is 360 g/mol. The van der Waals surface area contributed by atoms with Gasteiger partial charge in [0.2, 0.25) is 5.91 Å². The summed E-state index contributed by atoms with van der Waals surface area (Å²) in [5.41, 5.74) is 4.85. The van der Waals surface area contributed by atoms with E-state index in [0.29, 0.717) is 5.56 Å². The minimum Gasteiger partial charge on any atom is -0.371 e. The summed E-state index contributed by atoms with van der Waals surface area (Å²) in [7, 11) is 0. The van der Waals surface area contributed by atoms with Crippen LogP contribution in [0.2, 0.25) is 0 Å². The van der Waals surface area contributed by atoms with E-state index in [1.807, 2.05) is 60.7 Å². The van der Waals surface area contributed by atoms with Crippen molar-refractivity contribution in [2.75, 3.05) is 23.3 Å². The molecule has 4 rings (SSSR count). The molecule has 29 heavy (non-hydrogen) atoms. The van der Waals surface area contributed by atoms with Crippen molar-refractivity contribution in [3.8, 4) is 11.1 Å². The van der Waals surface area contributed by atoms with Crippen LogP contribution in [0, 0.1) is 5.92 Å². The number of benzene rings is 3. The highest BCUT2D eigenvalue weighted by molar-refractivity contribution is 5.93. The summed E-state index contributed by atoms with van der Waals surface area (Å²) in [6.45, 7) is 1.67. The van der Waals surface area contributed by atoms with Crippen LogP contribution in [0.15, 0.2) is 78.9 Å². The number of nitrogens with one attached hydrogen (secondary N) is 1. The number of carbonyl (C=O) groups is 2. The van der Waals surface area contributed by atoms with Gasteiger partial charge in [-0.3, -0.25) is 9.59 Å². The number of piperidine rings is 1. The number of hydrogen-bond acceptors (Lipinski definition) is 3. The highest BCUT2D eigenvalue weighted by Crippen LogP contribution is 2.26. The Balaban J connectivity index is 1.36. The Morgan fingerprint density at radius 2 is 1.55 bits per heavy atom. The number of amides is 1. The maximum atomic E-state index is 12.8. The van der Waals surface area contributed by atoms with Gasteiger partial charge in [0.25, 0.3) is 0 Å². The minimum atomic E-state index is 0.0147. The number of carbonyl (C=O) groups excluding carboxylic acids is 2. The van der Waals surface area contributed by atoms with Crippen LogP contribution in [-0.2, 0) is 4.79 Å². The highest BCUT2D eigenvalue weighted by Gasteiger charge is 2.25. The van der Waals surface area contributed by atoms with Crippen molar-refractivity contribution in [1.29, 1.82) is 0 Å². The lowest BCUT2D eigenvalue weighted by Gasteiger charge is -2.33. The van der Waals surface area contributed by atoms with Crippen LogP contribution in [-0.4, -0.2) is 25.3 Å². The zero-order valence-corrected chi connectivity index (χ0v) is 16.3. The van der Waals surface area contributed by atoms with Gasteiger partial charge < -0.3 is 10.2 Å². The van der Waals surface area contributed by atoms with E-state index in [9.17, 15) is 9.59 Å². The van der Waals surface area contributed by atoms with Crippen LogP contribution in [0.3, 0.4) is 0 Å². The SMILES string of the molecule is O=Cc1ccc(N2CCC(C(=O)Nc3cccc(-c4ccccc4)c3)CC2)cc1. The van der Waals surface area contributed by atoms with Crippen molar-refractivity contribution in [3.63, 3.8) is 0 Å². The molecule has 1 N–H and O–H groups in total. The zero-order chi connectivity index (χ0) is 20.1. The van der Waals surface area contributed by atoms with Crippen molar-refractivity contribution < 1.29 is 9.59 Å². The van der Waals surface area contributed by atoms with Crippen molar-refractivity contribution in [2.24, 2.45) is 5.92 Å². The third-order valence-electron chi connectivity index (χ3n) is 5.50. The molecule has 3 aromatic carbocycles. The second-order valence-corrected chi connectivity index (χ2v) is 7.41. The molecule has 0 aliphatic carbocycles. The second kappa shape index (κ2) is 8.74. The predicted octanol–water partition coefficient (Wildman–Crippen LogP) is 5.02. The summed E-state index contributed by atoms with van der Waals surface area (Å²) in [4.78, 5) is 25.9. The molecule has 0 saturated carbocycles. The van der Waals surface area contributed by atoms with E-state index in [1.165, 1.54) is 0 Å². The summed E-state index contributed by atoms with van der Waals surface area (Å²) in [5.74, 6) is 0.104. The van der Waals surface area contributed by atoms with Crippen LogP contribution < -0.4 is 10.2 Å². The standard InChI is InChI=1S/C25H24N2O2/c28-18-19-9-11-24(12-10-19)27-15-13-21(14-16-27)25(29)26-23-8-4-7-22(17-23)20-5-2-1-3-6-20/h1-12,17-18,21H,13-16H2,(H,26,29). The summed E-state index contributed by atoms with van der Waals surface area (Å²) in [6, 6.07) is 25.8. The number of anilines is 2. The maximum absolute atomic E-state index is 12.8. The Morgan fingerprint density at radius 3 is 2.24 bits per heavy atom. The molecule has 1 saturated heterocycles. The Hall–Kier alpha value is -3.40. The molecule has 1 aliphatic rings. The molecule has 1 fully saturated rings.